The minimum atomic E-state index is -0.500. The minimum Gasteiger partial charge on any atom is -0.394 e. The first-order valence-electron chi connectivity index (χ1n) is 11.3. The molecule has 0 saturated carbocycles. The Hall–Kier alpha value is -3.46. The van der Waals surface area contributed by atoms with Crippen LogP contribution >= 0.6 is 23.2 Å². The predicted octanol–water partition coefficient (Wildman–Crippen LogP) is 5.63. The van der Waals surface area contributed by atoms with Crippen LogP contribution in [0.5, 0.6) is 0 Å². The number of rotatable bonds is 6. The van der Waals surface area contributed by atoms with Crippen LogP contribution in [0.3, 0.4) is 0 Å². The van der Waals surface area contributed by atoms with Crippen molar-refractivity contribution < 1.29 is 14.3 Å². The zero-order valence-electron chi connectivity index (χ0n) is 19.3. The van der Waals surface area contributed by atoms with Gasteiger partial charge >= 0.3 is 0 Å². The molecule has 0 unspecified atom stereocenters. The maximum Gasteiger partial charge on any atom is 0.271 e. The summed E-state index contributed by atoms with van der Waals surface area (Å²) in [5, 5.41) is 13.9. The molecule has 184 valence electrons. The zero-order valence-corrected chi connectivity index (χ0v) is 20.8. The summed E-state index contributed by atoms with van der Waals surface area (Å²) in [6.45, 7) is 2.68. The quantitative estimate of drug-likeness (QED) is 0.340. The van der Waals surface area contributed by atoms with Gasteiger partial charge in [-0.1, -0.05) is 35.3 Å². The first kappa shape index (κ1) is 24.2. The van der Waals surface area contributed by atoms with Crippen LogP contribution < -0.4 is 5.32 Å². The molecule has 1 amide bonds. The monoisotopic (exact) mass is 525 g/mol. The Kier molecular flexibility index (Phi) is 6.66. The zero-order chi connectivity index (χ0) is 25.4. The van der Waals surface area contributed by atoms with E-state index in [1.54, 1.807) is 35.4 Å². The van der Waals surface area contributed by atoms with E-state index in [0.717, 1.165) is 16.7 Å². The number of aryl methyl sites for hydroxylation is 1. The molecular weight excluding hydrogens is 504 g/mol. The standard InChI is InChI=1S/C26H22Cl2FN5O2/c1-15-12-30-26(31-21-6-5-19(29)11-20(21)28)32-24(15)17-10-22-25(36)34(8-7-33(22)13-17)23(14-35)16-3-2-4-18(27)9-16/h2-6,9-13,23,35H,7-8,14H2,1H3,(H,30,31,32)/t23-/m1/s1. The van der Waals surface area contributed by atoms with Crippen LogP contribution in [0.2, 0.25) is 10.0 Å². The highest BCUT2D eigenvalue weighted by Gasteiger charge is 2.32. The number of anilines is 2. The molecule has 7 nitrogen and oxygen atoms in total. The number of benzene rings is 2. The number of hydrogen-bond acceptors (Lipinski definition) is 5. The number of aliphatic hydroxyl groups is 1. The van der Waals surface area contributed by atoms with E-state index in [4.69, 9.17) is 23.2 Å². The number of hydrogen-bond donors (Lipinski definition) is 2. The number of carbonyl (C=O) groups excluding carboxylic acids is 1. The first-order chi connectivity index (χ1) is 17.3. The lowest BCUT2D eigenvalue weighted by atomic mass is 10.0. The lowest BCUT2D eigenvalue weighted by Gasteiger charge is -2.34. The van der Waals surface area contributed by atoms with Crippen molar-refractivity contribution in [3.63, 3.8) is 0 Å². The summed E-state index contributed by atoms with van der Waals surface area (Å²) in [5.74, 6) is -0.329. The Bertz CT molecular complexity index is 1460. The summed E-state index contributed by atoms with van der Waals surface area (Å²) < 4.78 is 15.3. The van der Waals surface area contributed by atoms with Gasteiger partial charge in [-0.3, -0.25) is 4.79 Å². The van der Waals surface area contributed by atoms with Crippen LogP contribution in [-0.4, -0.2) is 43.6 Å². The van der Waals surface area contributed by atoms with Crippen molar-refractivity contribution in [1.29, 1.82) is 0 Å². The van der Waals surface area contributed by atoms with Gasteiger partial charge in [0.1, 0.15) is 11.5 Å². The molecule has 10 heteroatoms. The molecule has 1 atom stereocenters. The second-order valence-corrected chi connectivity index (χ2v) is 9.38. The van der Waals surface area contributed by atoms with Gasteiger partial charge in [-0.15, -0.1) is 0 Å². The highest BCUT2D eigenvalue weighted by Crippen LogP contribution is 2.32. The van der Waals surface area contributed by atoms with Crippen LogP contribution in [0.25, 0.3) is 11.3 Å². The molecule has 2 aromatic carbocycles. The van der Waals surface area contributed by atoms with E-state index in [1.807, 2.05) is 23.8 Å². The molecule has 2 N–H and O–H groups in total. The molecule has 0 saturated heterocycles. The number of nitrogens with one attached hydrogen (secondary N) is 1. The minimum absolute atomic E-state index is 0.185. The summed E-state index contributed by atoms with van der Waals surface area (Å²) >= 11 is 12.3. The Morgan fingerprint density at radius 1 is 1.17 bits per heavy atom. The van der Waals surface area contributed by atoms with Crippen molar-refractivity contribution >= 4 is 40.7 Å². The summed E-state index contributed by atoms with van der Waals surface area (Å²) in [7, 11) is 0. The fourth-order valence-corrected chi connectivity index (χ4v) is 4.78. The summed E-state index contributed by atoms with van der Waals surface area (Å²) in [5.41, 5.74) is 4.00. The smallest absolute Gasteiger partial charge is 0.271 e. The van der Waals surface area contributed by atoms with Gasteiger partial charge in [0.25, 0.3) is 5.91 Å². The molecule has 0 fully saturated rings. The van der Waals surface area contributed by atoms with E-state index in [9.17, 15) is 14.3 Å². The fourth-order valence-electron chi connectivity index (χ4n) is 4.37. The van der Waals surface area contributed by atoms with Crippen LogP contribution in [-0.2, 0) is 6.54 Å². The maximum absolute atomic E-state index is 13.4. The molecule has 5 rings (SSSR count). The molecule has 0 bridgehead atoms. The Morgan fingerprint density at radius 2 is 2.00 bits per heavy atom. The third-order valence-electron chi connectivity index (χ3n) is 6.16. The van der Waals surface area contributed by atoms with E-state index in [1.165, 1.54) is 18.2 Å². The van der Waals surface area contributed by atoms with Crippen molar-refractivity contribution in [2.24, 2.45) is 0 Å². The van der Waals surface area contributed by atoms with Crippen molar-refractivity contribution in [2.45, 2.75) is 19.5 Å². The molecule has 36 heavy (non-hydrogen) atoms. The molecule has 3 heterocycles. The SMILES string of the molecule is Cc1cnc(Nc2ccc(F)cc2Cl)nc1-c1cc2n(c1)CCN([C@H](CO)c1cccc(Cl)c1)C2=O. The first-order valence-corrected chi connectivity index (χ1v) is 12.0. The predicted molar refractivity (Wildman–Crippen MR) is 137 cm³/mol. The van der Waals surface area contributed by atoms with Crippen molar-refractivity contribution in [3.8, 4) is 11.3 Å². The molecule has 4 aromatic rings. The van der Waals surface area contributed by atoms with Crippen molar-refractivity contribution in [2.75, 3.05) is 18.5 Å². The van der Waals surface area contributed by atoms with Crippen LogP contribution in [0.1, 0.15) is 27.7 Å². The number of nitrogens with zero attached hydrogens (tertiary/aromatic N) is 4. The Morgan fingerprint density at radius 3 is 2.75 bits per heavy atom. The molecular formula is C26H22Cl2FN5O2. The molecule has 0 radical (unpaired) electrons. The van der Waals surface area contributed by atoms with Crippen molar-refractivity contribution in [3.05, 3.63) is 93.6 Å². The second-order valence-electron chi connectivity index (χ2n) is 8.53. The number of amides is 1. The van der Waals surface area contributed by atoms with Gasteiger partial charge in [0.15, 0.2) is 0 Å². The largest absolute Gasteiger partial charge is 0.394 e. The third-order valence-corrected chi connectivity index (χ3v) is 6.71. The topological polar surface area (TPSA) is 83.3 Å². The number of aliphatic hydroxyl groups excluding tert-OH is 1. The second kappa shape index (κ2) is 9.89. The Labute approximate surface area is 217 Å². The van der Waals surface area contributed by atoms with Gasteiger partial charge < -0.3 is 19.9 Å². The lowest BCUT2D eigenvalue weighted by molar-refractivity contribution is 0.0526. The highest BCUT2D eigenvalue weighted by atomic mass is 35.5. The summed E-state index contributed by atoms with van der Waals surface area (Å²) in [6, 6.07) is 12.5. The number of fused-ring (bicyclic) bond motifs is 1. The summed E-state index contributed by atoms with van der Waals surface area (Å²) in [4.78, 5) is 24.1. The van der Waals surface area contributed by atoms with Gasteiger partial charge in [-0.05, 0) is 54.4 Å². The fraction of sp³-hybridized carbons (Fsp3) is 0.192. The molecule has 0 aliphatic carbocycles. The van der Waals surface area contributed by atoms with E-state index < -0.39 is 11.9 Å². The van der Waals surface area contributed by atoms with Crippen molar-refractivity contribution in [1.82, 2.24) is 19.4 Å². The molecule has 1 aliphatic heterocycles. The van der Waals surface area contributed by atoms with Gasteiger partial charge in [0.05, 0.1) is 29.1 Å². The Balaban J connectivity index is 1.44. The highest BCUT2D eigenvalue weighted by molar-refractivity contribution is 6.33. The lowest BCUT2D eigenvalue weighted by Crippen LogP contribution is -2.43. The van der Waals surface area contributed by atoms with Gasteiger partial charge in [0.2, 0.25) is 5.95 Å². The average molecular weight is 526 g/mol. The van der Waals surface area contributed by atoms with E-state index in [-0.39, 0.29) is 17.5 Å². The summed E-state index contributed by atoms with van der Waals surface area (Å²) in [6.07, 6.45) is 3.57. The van der Waals surface area contributed by atoms with E-state index >= 15 is 0 Å². The van der Waals surface area contributed by atoms with E-state index in [0.29, 0.717) is 41.1 Å². The van der Waals surface area contributed by atoms with Gasteiger partial charge in [0, 0.05) is 36.1 Å². The molecule has 0 spiro atoms. The number of halogens is 3. The van der Waals surface area contributed by atoms with Gasteiger partial charge in [-0.2, -0.15) is 0 Å². The maximum atomic E-state index is 13.4. The average Bonchev–Trinajstić information content (AvgIpc) is 3.29. The van der Waals surface area contributed by atoms with Gasteiger partial charge in [-0.25, -0.2) is 14.4 Å². The van der Waals surface area contributed by atoms with Crippen LogP contribution in [0.15, 0.2) is 60.9 Å². The molecule has 1 aliphatic rings. The number of aromatic nitrogens is 3. The molecule has 2 aromatic heterocycles. The van der Waals surface area contributed by atoms with Crippen LogP contribution in [0, 0.1) is 12.7 Å². The van der Waals surface area contributed by atoms with Crippen LogP contribution in [0.4, 0.5) is 16.0 Å². The number of carbonyl (C=O) groups is 1. The third kappa shape index (κ3) is 4.67. The van der Waals surface area contributed by atoms with E-state index in [2.05, 4.69) is 15.3 Å². The normalized spacial score (nSPS) is 14.0.